The van der Waals surface area contributed by atoms with Gasteiger partial charge in [0.1, 0.15) is 0 Å². The van der Waals surface area contributed by atoms with Crippen molar-refractivity contribution in [3.63, 3.8) is 0 Å². The molecule has 3 heteroatoms. The van der Waals surface area contributed by atoms with Crippen molar-refractivity contribution in [2.75, 3.05) is 7.11 Å². The van der Waals surface area contributed by atoms with Gasteiger partial charge in [-0.05, 0) is 57.2 Å². The minimum absolute atomic E-state index is 0.160. The lowest BCUT2D eigenvalue weighted by Gasteiger charge is -2.16. The highest BCUT2D eigenvalue weighted by atomic mass is 16.5. The molecule has 19 heavy (non-hydrogen) atoms. The van der Waals surface area contributed by atoms with Gasteiger partial charge in [-0.1, -0.05) is 6.07 Å². The maximum absolute atomic E-state index is 5.72. The number of hydrogen-bond donors (Lipinski definition) is 1. The summed E-state index contributed by atoms with van der Waals surface area (Å²) in [5.74, 6) is 2.51. The predicted molar refractivity (Wildman–Crippen MR) is 77.8 cm³/mol. The Morgan fingerprint density at radius 3 is 2.53 bits per heavy atom. The summed E-state index contributed by atoms with van der Waals surface area (Å²) in [5, 5.41) is 3.58. The summed E-state index contributed by atoms with van der Waals surface area (Å²) in [4.78, 5) is 0. The molecule has 1 unspecified atom stereocenters. The number of nitrogens with one attached hydrogen (secondary N) is 1. The fraction of sp³-hybridized carbons (Fsp3) is 0.625. The van der Waals surface area contributed by atoms with Crippen LogP contribution in [0.25, 0.3) is 0 Å². The summed E-state index contributed by atoms with van der Waals surface area (Å²) in [6.45, 7) is 7.19. The first-order valence-corrected chi connectivity index (χ1v) is 7.17. The van der Waals surface area contributed by atoms with E-state index in [2.05, 4.69) is 24.4 Å². The first-order chi connectivity index (χ1) is 9.10. The lowest BCUT2D eigenvalue weighted by atomic mass is 10.1. The Morgan fingerprint density at radius 2 is 1.95 bits per heavy atom. The van der Waals surface area contributed by atoms with Gasteiger partial charge in [0.25, 0.3) is 0 Å². The number of rotatable bonds is 7. The summed E-state index contributed by atoms with van der Waals surface area (Å²) in [6.07, 6.45) is 2.91. The molecule has 1 aromatic carbocycles. The number of hydrogen-bond acceptors (Lipinski definition) is 3. The molecule has 106 valence electrons. The Bertz CT molecular complexity index is 413. The van der Waals surface area contributed by atoms with Crippen LogP contribution >= 0.6 is 0 Å². The molecule has 0 saturated heterocycles. The second-order valence-corrected chi connectivity index (χ2v) is 5.66. The standard InChI is InChI=1S/C16H25NO2/c1-11(2)19-15-8-5-13(9-16(15)18-4)10-17-12(3)14-6-7-14/h5,8-9,11-12,14,17H,6-7,10H2,1-4H3. The van der Waals surface area contributed by atoms with Gasteiger partial charge >= 0.3 is 0 Å². The van der Waals surface area contributed by atoms with E-state index >= 15 is 0 Å². The quantitative estimate of drug-likeness (QED) is 0.818. The third-order valence-electron chi connectivity index (χ3n) is 3.55. The molecule has 0 amide bonds. The zero-order chi connectivity index (χ0) is 13.8. The minimum Gasteiger partial charge on any atom is -0.493 e. The van der Waals surface area contributed by atoms with E-state index in [9.17, 15) is 0 Å². The van der Waals surface area contributed by atoms with Gasteiger partial charge in [-0.25, -0.2) is 0 Å². The highest BCUT2D eigenvalue weighted by Gasteiger charge is 2.27. The molecule has 0 aliphatic heterocycles. The summed E-state index contributed by atoms with van der Waals surface area (Å²) in [5.41, 5.74) is 1.24. The Morgan fingerprint density at radius 1 is 1.21 bits per heavy atom. The van der Waals surface area contributed by atoms with Crippen LogP contribution in [-0.2, 0) is 6.54 Å². The predicted octanol–water partition coefficient (Wildman–Crippen LogP) is 3.37. The fourth-order valence-electron chi connectivity index (χ4n) is 2.21. The molecule has 1 saturated carbocycles. The molecule has 3 nitrogen and oxygen atoms in total. The zero-order valence-corrected chi connectivity index (χ0v) is 12.4. The molecule has 1 fully saturated rings. The van der Waals surface area contributed by atoms with Crippen LogP contribution in [0.3, 0.4) is 0 Å². The van der Waals surface area contributed by atoms with Crippen molar-refractivity contribution >= 4 is 0 Å². The number of benzene rings is 1. The normalized spacial score (nSPS) is 16.5. The highest BCUT2D eigenvalue weighted by Crippen LogP contribution is 2.33. The molecule has 0 aromatic heterocycles. The SMILES string of the molecule is COc1cc(CNC(C)C2CC2)ccc1OC(C)C. The third-order valence-corrected chi connectivity index (χ3v) is 3.55. The van der Waals surface area contributed by atoms with Gasteiger partial charge in [0.05, 0.1) is 13.2 Å². The smallest absolute Gasteiger partial charge is 0.161 e. The van der Waals surface area contributed by atoms with Crippen molar-refractivity contribution in [1.82, 2.24) is 5.32 Å². The minimum atomic E-state index is 0.160. The van der Waals surface area contributed by atoms with Crippen LogP contribution in [0.15, 0.2) is 18.2 Å². The van der Waals surface area contributed by atoms with Crippen molar-refractivity contribution in [1.29, 1.82) is 0 Å². The Kier molecular flexibility index (Phi) is 4.70. The van der Waals surface area contributed by atoms with E-state index in [0.717, 1.165) is 24.0 Å². The summed E-state index contributed by atoms with van der Waals surface area (Å²) < 4.78 is 11.1. The van der Waals surface area contributed by atoms with Crippen LogP contribution in [0.5, 0.6) is 11.5 Å². The Balaban J connectivity index is 1.97. The molecule has 0 heterocycles. The molecule has 1 aromatic rings. The monoisotopic (exact) mass is 263 g/mol. The Hall–Kier alpha value is -1.22. The Labute approximate surface area is 116 Å². The molecule has 1 aliphatic rings. The van der Waals surface area contributed by atoms with Gasteiger partial charge in [0, 0.05) is 12.6 Å². The van der Waals surface area contributed by atoms with E-state index in [1.54, 1.807) is 7.11 Å². The van der Waals surface area contributed by atoms with E-state index in [1.165, 1.54) is 18.4 Å². The van der Waals surface area contributed by atoms with Gasteiger partial charge in [0.15, 0.2) is 11.5 Å². The molecular formula is C16H25NO2. The zero-order valence-electron chi connectivity index (χ0n) is 12.4. The molecule has 0 radical (unpaired) electrons. The van der Waals surface area contributed by atoms with Crippen LogP contribution in [-0.4, -0.2) is 19.3 Å². The maximum atomic E-state index is 5.72. The maximum Gasteiger partial charge on any atom is 0.161 e. The average Bonchev–Trinajstić information content (AvgIpc) is 3.20. The van der Waals surface area contributed by atoms with Crippen molar-refractivity contribution in [3.05, 3.63) is 23.8 Å². The van der Waals surface area contributed by atoms with E-state index in [1.807, 2.05) is 19.9 Å². The molecular weight excluding hydrogens is 238 g/mol. The lowest BCUT2D eigenvalue weighted by Crippen LogP contribution is -2.27. The third kappa shape index (κ3) is 4.13. The molecule has 1 atom stereocenters. The number of methoxy groups -OCH3 is 1. The van der Waals surface area contributed by atoms with Crippen molar-refractivity contribution in [2.45, 2.75) is 52.3 Å². The van der Waals surface area contributed by atoms with E-state index in [4.69, 9.17) is 9.47 Å². The number of ether oxygens (including phenoxy) is 2. The first-order valence-electron chi connectivity index (χ1n) is 7.17. The van der Waals surface area contributed by atoms with E-state index < -0.39 is 0 Å². The summed E-state index contributed by atoms with van der Waals surface area (Å²) in [6, 6.07) is 6.77. The van der Waals surface area contributed by atoms with Crippen molar-refractivity contribution < 1.29 is 9.47 Å². The van der Waals surface area contributed by atoms with Crippen LogP contribution in [0, 0.1) is 5.92 Å². The molecule has 2 rings (SSSR count). The largest absolute Gasteiger partial charge is 0.493 e. The van der Waals surface area contributed by atoms with E-state index in [-0.39, 0.29) is 6.10 Å². The van der Waals surface area contributed by atoms with Gasteiger partial charge in [-0.2, -0.15) is 0 Å². The van der Waals surface area contributed by atoms with Crippen LogP contribution in [0.4, 0.5) is 0 Å². The van der Waals surface area contributed by atoms with Gasteiger partial charge in [-0.3, -0.25) is 0 Å². The fourth-order valence-corrected chi connectivity index (χ4v) is 2.21. The second kappa shape index (κ2) is 6.29. The van der Waals surface area contributed by atoms with Gasteiger partial charge in [0.2, 0.25) is 0 Å². The average molecular weight is 263 g/mol. The van der Waals surface area contributed by atoms with Crippen molar-refractivity contribution in [3.8, 4) is 11.5 Å². The summed E-state index contributed by atoms with van der Waals surface area (Å²) >= 11 is 0. The topological polar surface area (TPSA) is 30.5 Å². The molecule has 0 bridgehead atoms. The van der Waals surface area contributed by atoms with Gasteiger partial charge in [-0.15, -0.1) is 0 Å². The van der Waals surface area contributed by atoms with Crippen LogP contribution in [0.2, 0.25) is 0 Å². The van der Waals surface area contributed by atoms with Crippen LogP contribution in [0.1, 0.15) is 39.2 Å². The lowest BCUT2D eigenvalue weighted by molar-refractivity contribution is 0.230. The van der Waals surface area contributed by atoms with Crippen LogP contribution < -0.4 is 14.8 Å². The first kappa shape index (κ1) is 14.2. The molecule has 1 aliphatic carbocycles. The second-order valence-electron chi connectivity index (χ2n) is 5.66. The molecule has 0 spiro atoms. The highest BCUT2D eigenvalue weighted by molar-refractivity contribution is 5.43. The van der Waals surface area contributed by atoms with E-state index in [0.29, 0.717) is 6.04 Å². The molecule has 1 N–H and O–H groups in total. The van der Waals surface area contributed by atoms with Crippen molar-refractivity contribution in [2.24, 2.45) is 5.92 Å². The summed E-state index contributed by atoms with van der Waals surface area (Å²) in [7, 11) is 1.69. The van der Waals surface area contributed by atoms with Gasteiger partial charge < -0.3 is 14.8 Å².